The molecule has 1 fully saturated rings. The SMILES string of the molecule is CS(=O)Cc1cc([N+](=O)[O-])ccc1OCC1(OC(N)=O)CC1. The van der Waals surface area contributed by atoms with Crippen molar-refractivity contribution in [3.05, 3.63) is 33.9 Å². The highest BCUT2D eigenvalue weighted by Crippen LogP contribution is 2.40. The van der Waals surface area contributed by atoms with Crippen LogP contribution in [0.4, 0.5) is 10.5 Å². The summed E-state index contributed by atoms with van der Waals surface area (Å²) in [5.74, 6) is 0.529. The third-order valence-corrected chi connectivity index (χ3v) is 3.95. The van der Waals surface area contributed by atoms with Crippen molar-refractivity contribution in [3.8, 4) is 5.75 Å². The maximum atomic E-state index is 11.4. The second-order valence-electron chi connectivity index (χ2n) is 5.16. The van der Waals surface area contributed by atoms with Gasteiger partial charge in [0.1, 0.15) is 18.0 Å². The van der Waals surface area contributed by atoms with Gasteiger partial charge in [-0.25, -0.2) is 4.79 Å². The Morgan fingerprint density at radius 3 is 2.68 bits per heavy atom. The molecule has 1 amide bonds. The number of carbonyl (C=O) groups is 1. The molecule has 120 valence electrons. The zero-order valence-electron chi connectivity index (χ0n) is 11.9. The van der Waals surface area contributed by atoms with E-state index in [0.29, 0.717) is 24.2 Å². The Kier molecular flexibility index (Phi) is 4.65. The Labute approximate surface area is 129 Å². The molecule has 1 aliphatic rings. The number of primary amides is 1. The number of hydrogen-bond donors (Lipinski definition) is 1. The van der Waals surface area contributed by atoms with Gasteiger partial charge in [0.2, 0.25) is 0 Å². The van der Waals surface area contributed by atoms with E-state index in [1.54, 1.807) is 0 Å². The van der Waals surface area contributed by atoms with E-state index < -0.39 is 27.4 Å². The number of benzene rings is 1. The van der Waals surface area contributed by atoms with Crippen LogP contribution in [-0.2, 0) is 21.3 Å². The first-order chi connectivity index (χ1) is 10.3. The summed E-state index contributed by atoms with van der Waals surface area (Å²) >= 11 is 0. The number of hydrogen-bond acceptors (Lipinski definition) is 6. The van der Waals surface area contributed by atoms with Gasteiger partial charge in [0.05, 0.1) is 10.7 Å². The molecule has 0 radical (unpaired) electrons. The highest BCUT2D eigenvalue weighted by Gasteiger charge is 2.47. The Bertz CT molecular complexity index is 629. The molecule has 1 aromatic rings. The van der Waals surface area contributed by atoms with E-state index in [2.05, 4.69) is 0 Å². The molecule has 0 heterocycles. The smallest absolute Gasteiger partial charge is 0.405 e. The maximum Gasteiger partial charge on any atom is 0.405 e. The van der Waals surface area contributed by atoms with E-state index in [1.807, 2.05) is 0 Å². The van der Waals surface area contributed by atoms with Gasteiger partial charge in [-0.15, -0.1) is 0 Å². The van der Waals surface area contributed by atoms with Crippen LogP contribution in [0, 0.1) is 10.1 Å². The van der Waals surface area contributed by atoms with Crippen LogP contribution in [0.15, 0.2) is 18.2 Å². The highest BCUT2D eigenvalue weighted by atomic mass is 32.2. The topological polar surface area (TPSA) is 122 Å². The number of nitrogens with zero attached hydrogens (tertiary/aromatic N) is 1. The minimum atomic E-state index is -1.17. The lowest BCUT2D eigenvalue weighted by Gasteiger charge is -2.17. The Balaban J connectivity index is 2.14. The third kappa shape index (κ3) is 4.17. The van der Waals surface area contributed by atoms with Gasteiger partial charge in [-0.1, -0.05) is 0 Å². The van der Waals surface area contributed by atoms with Crippen molar-refractivity contribution in [2.45, 2.75) is 24.2 Å². The van der Waals surface area contributed by atoms with Gasteiger partial charge in [0, 0.05) is 34.8 Å². The van der Waals surface area contributed by atoms with Crippen LogP contribution < -0.4 is 10.5 Å². The molecule has 0 spiro atoms. The number of amides is 1. The van der Waals surface area contributed by atoms with Crippen molar-refractivity contribution in [2.24, 2.45) is 5.73 Å². The van der Waals surface area contributed by atoms with E-state index in [1.165, 1.54) is 24.5 Å². The summed E-state index contributed by atoms with van der Waals surface area (Å²) < 4.78 is 22.0. The summed E-state index contributed by atoms with van der Waals surface area (Å²) in [7, 11) is -1.17. The zero-order valence-corrected chi connectivity index (χ0v) is 12.8. The molecule has 8 nitrogen and oxygen atoms in total. The third-order valence-electron chi connectivity index (χ3n) is 3.23. The second-order valence-corrected chi connectivity index (χ2v) is 6.59. The maximum absolute atomic E-state index is 11.4. The van der Waals surface area contributed by atoms with Crippen LogP contribution in [0.3, 0.4) is 0 Å². The fourth-order valence-electron chi connectivity index (χ4n) is 1.99. The summed E-state index contributed by atoms with van der Waals surface area (Å²) in [6.07, 6.45) is 1.94. The first kappa shape index (κ1) is 16.2. The summed E-state index contributed by atoms with van der Waals surface area (Å²) in [5, 5.41) is 10.8. The van der Waals surface area contributed by atoms with E-state index >= 15 is 0 Å². The summed E-state index contributed by atoms with van der Waals surface area (Å²) in [6.45, 7) is 0.108. The van der Waals surface area contributed by atoms with E-state index in [9.17, 15) is 19.1 Å². The standard InChI is InChI=1S/C13H16N2O6S/c1-22(19)7-9-6-10(15(17)18)2-3-11(9)20-8-13(4-5-13)21-12(14)16/h2-3,6H,4-5,7-8H2,1H3,(H2,14,16). The van der Waals surface area contributed by atoms with Crippen molar-refractivity contribution >= 4 is 22.6 Å². The van der Waals surface area contributed by atoms with E-state index in [0.717, 1.165) is 0 Å². The van der Waals surface area contributed by atoms with Crippen LogP contribution in [-0.4, -0.2) is 33.7 Å². The lowest BCUT2D eigenvalue weighted by atomic mass is 10.2. The normalized spacial score (nSPS) is 16.6. The molecule has 1 saturated carbocycles. The van der Waals surface area contributed by atoms with Crippen molar-refractivity contribution in [2.75, 3.05) is 12.9 Å². The molecule has 1 atom stereocenters. The van der Waals surface area contributed by atoms with Gasteiger partial charge in [0.25, 0.3) is 5.69 Å². The molecule has 1 aromatic carbocycles. The summed E-state index contributed by atoms with van der Waals surface area (Å²) in [5.41, 5.74) is 4.67. The summed E-state index contributed by atoms with van der Waals surface area (Å²) in [4.78, 5) is 21.1. The van der Waals surface area contributed by atoms with Crippen molar-refractivity contribution in [1.82, 2.24) is 0 Å². The average molecular weight is 328 g/mol. The minimum absolute atomic E-state index is 0.0951. The first-order valence-corrected chi connectivity index (χ1v) is 8.23. The molecule has 2 N–H and O–H groups in total. The molecule has 9 heteroatoms. The second kappa shape index (κ2) is 6.30. The number of rotatable bonds is 7. The molecule has 1 unspecified atom stereocenters. The van der Waals surface area contributed by atoms with Gasteiger partial charge >= 0.3 is 6.09 Å². The van der Waals surface area contributed by atoms with Crippen molar-refractivity contribution in [1.29, 1.82) is 0 Å². The van der Waals surface area contributed by atoms with Crippen LogP contribution in [0.1, 0.15) is 18.4 Å². The van der Waals surface area contributed by atoms with Gasteiger partial charge in [-0.3, -0.25) is 14.3 Å². The van der Waals surface area contributed by atoms with Gasteiger partial charge in [0.15, 0.2) is 0 Å². The molecular formula is C13H16N2O6S. The molecule has 0 bridgehead atoms. The molecule has 0 aliphatic heterocycles. The average Bonchev–Trinajstić information content (AvgIpc) is 3.15. The Hall–Kier alpha value is -2.16. The number of ether oxygens (including phenoxy) is 2. The molecular weight excluding hydrogens is 312 g/mol. The van der Waals surface area contributed by atoms with Crippen molar-refractivity contribution < 1.29 is 23.4 Å². The Morgan fingerprint density at radius 2 is 2.18 bits per heavy atom. The van der Waals surface area contributed by atoms with Gasteiger partial charge in [-0.05, 0) is 18.9 Å². The number of non-ortho nitro benzene ring substituents is 1. The lowest BCUT2D eigenvalue weighted by molar-refractivity contribution is -0.384. The molecule has 22 heavy (non-hydrogen) atoms. The van der Waals surface area contributed by atoms with Crippen LogP contribution in [0.2, 0.25) is 0 Å². The fraction of sp³-hybridized carbons (Fsp3) is 0.462. The number of nitro benzene ring substituents is 1. The molecule has 2 rings (SSSR count). The van der Waals surface area contributed by atoms with Crippen molar-refractivity contribution in [3.63, 3.8) is 0 Å². The number of nitrogens with two attached hydrogens (primary N) is 1. The van der Waals surface area contributed by atoms with Crippen LogP contribution in [0.25, 0.3) is 0 Å². The Morgan fingerprint density at radius 1 is 1.50 bits per heavy atom. The predicted octanol–water partition coefficient (Wildman–Crippen LogP) is 1.48. The quantitative estimate of drug-likeness (QED) is 0.597. The monoisotopic (exact) mass is 328 g/mol. The van der Waals surface area contributed by atoms with E-state index in [-0.39, 0.29) is 18.0 Å². The summed E-state index contributed by atoms with van der Waals surface area (Å²) in [6, 6.07) is 4.11. The zero-order chi connectivity index (χ0) is 16.3. The van der Waals surface area contributed by atoms with Gasteiger partial charge < -0.3 is 15.2 Å². The number of carbonyl (C=O) groups excluding carboxylic acids is 1. The largest absolute Gasteiger partial charge is 0.489 e. The number of nitro groups is 1. The highest BCUT2D eigenvalue weighted by molar-refractivity contribution is 7.83. The molecule has 1 aliphatic carbocycles. The minimum Gasteiger partial charge on any atom is -0.489 e. The lowest BCUT2D eigenvalue weighted by Crippen LogP contribution is -2.29. The van der Waals surface area contributed by atoms with Crippen LogP contribution >= 0.6 is 0 Å². The molecule has 0 saturated heterocycles. The van der Waals surface area contributed by atoms with Crippen LogP contribution in [0.5, 0.6) is 5.75 Å². The van der Waals surface area contributed by atoms with E-state index in [4.69, 9.17) is 15.2 Å². The molecule has 0 aromatic heterocycles. The van der Waals surface area contributed by atoms with Gasteiger partial charge in [-0.2, -0.15) is 0 Å². The fourth-order valence-corrected chi connectivity index (χ4v) is 2.65. The predicted molar refractivity (Wildman–Crippen MR) is 79.0 cm³/mol. The first-order valence-electron chi connectivity index (χ1n) is 6.50.